The first-order chi connectivity index (χ1) is 7.41. The fourth-order valence-electron chi connectivity index (χ4n) is 1.38. The van der Waals surface area contributed by atoms with E-state index in [2.05, 4.69) is 0 Å². The number of anilines is 1. The number of aryl methyl sites for hydroxylation is 1. The SMILES string of the molecule is C/C(=C\c1ccc(N(C)C)cc1C)[N+](=O)[O-]. The van der Waals surface area contributed by atoms with Crippen LogP contribution in [-0.4, -0.2) is 19.0 Å². The van der Waals surface area contributed by atoms with Crippen molar-refractivity contribution in [2.45, 2.75) is 13.8 Å². The Hall–Kier alpha value is -1.84. The van der Waals surface area contributed by atoms with E-state index in [1.807, 2.05) is 44.1 Å². The zero-order chi connectivity index (χ0) is 12.3. The van der Waals surface area contributed by atoms with Crippen molar-refractivity contribution in [2.75, 3.05) is 19.0 Å². The molecule has 0 amide bonds. The Labute approximate surface area is 95.3 Å². The van der Waals surface area contributed by atoms with Gasteiger partial charge < -0.3 is 4.90 Å². The van der Waals surface area contributed by atoms with Gasteiger partial charge in [0.05, 0.1) is 4.92 Å². The molecule has 4 heteroatoms. The van der Waals surface area contributed by atoms with Crippen LogP contribution >= 0.6 is 0 Å². The lowest BCUT2D eigenvalue weighted by Gasteiger charge is -2.13. The van der Waals surface area contributed by atoms with Crippen molar-refractivity contribution in [3.05, 3.63) is 45.1 Å². The maximum atomic E-state index is 10.5. The molecule has 0 aliphatic heterocycles. The first-order valence-corrected chi connectivity index (χ1v) is 5.02. The minimum absolute atomic E-state index is 0.153. The van der Waals surface area contributed by atoms with Gasteiger partial charge in [-0.1, -0.05) is 6.07 Å². The molecule has 1 rings (SSSR count). The smallest absolute Gasteiger partial charge is 0.243 e. The fourth-order valence-corrected chi connectivity index (χ4v) is 1.38. The highest BCUT2D eigenvalue weighted by molar-refractivity contribution is 5.60. The summed E-state index contributed by atoms with van der Waals surface area (Å²) in [6, 6.07) is 5.86. The summed E-state index contributed by atoms with van der Waals surface area (Å²) in [6.07, 6.45) is 1.59. The number of hydrogen-bond acceptors (Lipinski definition) is 3. The summed E-state index contributed by atoms with van der Waals surface area (Å²) in [5, 5.41) is 10.5. The van der Waals surface area contributed by atoms with Gasteiger partial charge in [0.2, 0.25) is 5.70 Å². The average Bonchev–Trinajstić information content (AvgIpc) is 2.20. The molecule has 0 radical (unpaired) electrons. The van der Waals surface area contributed by atoms with E-state index in [1.165, 1.54) is 6.92 Å². The van der Waals surface area contributed by atoms with E-state index in [0.717, 1.165) is 16.8 Å². The highest BCUT2D eigenvalue weighted by Crippen LogP contribution is 2.19. The second-order valence-corrected chi connectivity index (χ2v) is 3.98. The summed E-state index contributed by atoms with van der Waals surface area (Å²) in [7, 11) is 3.93. The Kier molecular flexibility index (Phi) is 3.66. The maximum absolute atomic E-state index is 10.5. The highest BCUT2D eigenvalue weighted by Gasteiger charge is 2.05. The Morgan fingerprint density at radius 2 is 2.06 bits per heavy atom. The van der Waals surface area contributed by atoms with Crippen molar-refractivity contribution in [3.63, 3.8) is 0 Å². The van der Waals surface area contributed by atoms with E-state index in [1.54, 1.807) is 6.08 Å². The van der Waals surface area contributed by atoms with E-state index in [-0.39, 0.29) is 10.6 Å². The van der Waals surface area contributed by atoms with Gasteiger partial charge in [0.25, 0.3) is 0 Å². The van der Waals surface area contributed by atoms with Crippen molar-refractivity contribution < 1.29 is 4.92 Å². The van der Waals surface area contributed by atoms with Crippen LogP contribution < -0.4 is 4.90 Å². The Morgan fingerprint density at radius 1 is 1.44 bits per heavy atom. The number of benzene rings is 1. The molecule has 4 nitrogen and oxygen atoms in total. The van der Waals surface area contributed by atoms with E-state index in [4.69, 9.17) is 0 Å². The van der Waals surface area contributed by atoms with Gasteiger partial charge >= 0.3 is 0 Å². The number of hydrogen-bond donors (Lipinski definition) is 0. The molecule has 0 aliphatic carbocycles. The summed E-state index contributed by atoms with van der Waals surface area (Å²) < 4.78 is 0. The molecule has 0 saturated carbocycles. The first kappa shape index (κ1) is 12.2. The number of rotatable bonds is 3. The molecule has 0 saturated heterocycles. The monoisotopic (exact) mass is 220 g/mol. The van der Waals surface area contributed by atoms with Crippen LogP contribution in [0.5, 0.6) is 0 Å². The van der Waals surface area contributed by atoms with Crippen LogP contribution in [0.15, 0.2) is 23.9 Å². The standard InChI is InChI=1S/C12H16N2O2/c1-9-7-12(13(3)4)6-5-11(9)8-10(2)14(15)16/h5-8H,1-4H3/b10-8+. The zero-order valence-electron chi connectivity index (χ0n) is 10.0. The van der Waals surface area contributed by atoms with Gasteiger partial charge in [-0.2, -0.15) is 0 Å². The van der Waals surface area contributed by atoms with Crippen LogP contribution in [0, 0.1) is 17.0 Å². The molecule has 0 aromatic heterocycles. The first-order valence-electron chi connectivity index (χ1n) is 5.02. The third-order valence-corrected chi connectivity index (χ3v) is 2.42. The molecule has 0 N–H and O–H groups in total. The predicted octanol–water partition coefficient (Wildman–Crippen LogP) is 2.70. The van der Waals surface area contributed by atoms with E-state index in [9.17, 15) is 10.1 Å². The molecule has 16 heavy (non-hydrogen) atoms. The number of nitro groups is 1. The van der Waals surface area contributed by atoms with Crippen molar-refractivity contribution in [1.82, 2.24) is 0 Å². The minimum atomic E-state index is -0.376. The molecule has 0 unspecified atom stereocenters. The molecule has 86 valence electrons. The fraction of sp³-hybridized carbons (Fsp3) is 0.333. The topological polar surface area (TPSA) is 46.4 Å². The molecule has 0 heterocycles. The van der Waals surface area contributed by atoms with E-state index >= 15 is 0 Å². The van der Waals surface area contributed by atoms with Crippen molar-refractivity contribution in [3.8, 4) is 0 Å². The summed E-state index contributed by atoms with van der Waals surface area (Å²) in [5.74, 6) is 0. The van der Waals surface area contributed by atoms with Gasteiger partial charge in [-0.05, 0) is 30.2 Å². The van der Waals surface area contributed by atoms with Gasteiger partial charge in [-0.3, -0.25) is 10.1 Å². The molecule has 0 spiro atoms. The van der Waals surface area contributed by atoms with Crippen LogP contribution in [0.25, 0.3) is 6.08 Å². The van der Waals surface area contributed by atoms with Crippen LogP contribution in [0.4, 0.5) is 5.69 Å². The van der Waals surface area contributed by atoms with Gasteiger partial charge in [0.1, 0.15) is 0 Å². The summed E-state index contributed by atoms with van der Waals surface area (Å²) in [4.78, 5) is 12.1. The predicted molar refractivity (Wildman–Crippen MR) is 66.2 cm³/mol. The maximum Gasteiger partial charge on any atom is 0.243 e. The number of allylic oxidation sites excluding steroid dienone is 1. The lowest BCUT2D eigenvalue weighted by atomic mass is 10.1. The molecule has 0 bridgehead atoms. The summed E-state index contributed by atoms with van der Waals surface area (Å²) in [5.41, 5.74) is 3.17. The highest BCUT2D eigenvalue weighted by atomic mass is 16.6. The van der Waals surface area contributed by atoms with Crippen LogP contribution in [0.3, 0.4) is 0 Å². The van der Waals surface area contributed by atoms with Gasteiger partial charge in [-0.15, -0.1) is 0 Å². The molecule has 1 aromatic carbocycles. The summed E-state index contributed by atoms with van der Waals surface area (Å²) in [6.45, 7) is 3.45. The average molecular weight is 220 g/mol. The van der Waals surface area contributed by atoms with Crippen molar-refractivity contribution in [2.24, 2.45) is 0 Å². The second kappa shape index (κ2) is 4.79. The molecule has 0 atom stereocenters. The van der Waals surface area contributed by atoms with Gasteiger partial charge in [-0.25, -0.2) is 0 Å². The van der Waals surface area contributed by atoms with Crippen LogP contribution in [0.1, 0.15) is 18.1 Å². The summed E-state index contributed by atoms with van der Waals surface area (Å²) >= 11 is 0. The largest absolute Gasteiger partial charge is 0.378 e. The van der Waals surface area contributed by atoms with E-state index in [0.29, 0.717) is 0 Å². The Morgan fingerprint density at radius 3 is 2.50 bits per heavy atom. The lowest BCUT2D eigenvalue weighted by Crippen LogP contribution is -2.08. The molecule has 0 aliphatic rings. The zero-order valence-corrected chi connectivity index (χ0v) is 10.0. The third-order valence-electron chi connectivity index (χ3n) is 2.42. The van der Waals surface area contributed by atoms with Crippen molar-refractivity contribution >= 4 is 11.8 Å². The normalized spacial score (nSPS) is 11.4. The van der Waals surface area contributed by atoms with Crippen LogP contribution in [-0.2, 0) is 0 Å². The third kappa shape index (κ3) is 2.82. The van der Waals surface area contributed by atoms with Gasteiger partial charge in [0.15, 0.2) is 0 Å². The molecule has 0 fully saturated rings. The van der Waals surface area contributed by atoms with Crippen LogP contribution in [0.2, 0.25) is 0 Å². The van der Waals surface area contributed by atoms with Gasteiger partial charge in [0, 0.05) is 32.8 Å². The molecular formula is C12H16N2O2. The Balaban J connectivity index is 3.09. The Bertz CT molecular complexity index is 437. The minimum Gasteiger partial charge on any atom is -0.378 e. The second-order valence-electron chi connectivity index (χ2n) is 3.98. The quantitative estimate of drug-likeness (QED) is 0.581. The lowest BCUT2D eigenvalue weighted by molar-refractivity contribution is -0.422. The van der Waals surface area contributed by atoms with Crippen molar-refractivity contribution in [1.29, 1.82) is 0 Å². The van der Waals surface area contributed by atoms with E-state index < -0.39 is 0 Å². The molecular weight excluding hydrogens is 204 g/mol. The molecule has 1 aromatic rings. The number of nitrogens with zero attached hydrogens (tertiary/aromatic N) is 2.